The average Bonchev–Trinajstić information content (AvgIpc) is 3.22. The van der Waals surface area contributed by atoms with Crippen LogP contribution in [0.15, 0.2) is 48.7 Å². The van der Waals surface area contributed by atoms with Crippen LogP contribution < -0.4 is 14.8 Å². The van der Waals surface area contributed by atoms with Gasteiger partial charge in [-0.2, -0.15) is 5.10 Å². The first kappa shape index (κ1) is 19.3. The normalized spacial score (nSPS) is 18.8. The van der Waals surface area contributed by atoms with Gasteiger partial charge in [-0.1, -0.05) is 12.1 Å². The predicted molar refractivity (Wildman–Crippen MR) is 111 cm³/mol. The quantitative estimate of drug-likeness (QED) is 0.642. The van der Waals surface area contributed by atoms with Crippen molar-refractivity contribution in [2.75, 3.05) is 13.7 Å². The molecule has 29 heavy (non-hydrogen) atoms. The number of methoxy groups -OCH3 is 1. The Hall–Kier alpha value is -3.00. The van der Waals surface area contributed by atoms with E-state index >= 15 is 0 Å². The summed E-state index contributed by atoms with van der Waals surface area (Å²) in [7, 11) is 1.64. The van der Waals surface area contributed by atoms with E-state index in [1.807, 2.05) is 53.3 Å². The highest BCUT2D eigenvalue weighted by atomic mass is 32.2. The lowest BCUT2D eigenvalue weighted by Crippen LogP contribution is -2.35. The molecule has 1 unspecified atom stereocenters. The van der Waals surface area contributed by atoms with Crippen molar-refractivity contribution in [1.29, 1.82) is 0 Å². The maximum absolute atomic E-state index is 12.0. The topological polar surface area (TPSA) is 82.4 Å². The molecule has 1 aromatic heterocycles. The number of fused-ring (bicyclic) bond motifs is 1. The Kier molecular flexibility index (Phi) is 5.19. The van der Waals surface area contributed by atoms with Crippen LogP contribution in [0, 0.1) is 0 Å². The van der Waals surface area contributed by atoms with E-state index in [4.69, 9.17) is 9.47 Å². The second kappa shape index (κ2) is 7.79. The number of benzene rings is 2. The monoisotopic (exact) mass is 411 g/mol. The SMILES string of the molecule is COc1ccc2c(cnn2CCOc2ccc(CC3(C)SC(=O)NC3=O)cc2)c1. The maximum atomic E-state index is 12.0. The molecule has 1 fully saturated rings. The lowest BCUT2D eigenvalue weighted by atomic mass is 9.99. The van der Waals surface area contributed by atoms with Crippen LogP contribution in [0.4, 0.5) is 4.79 Å². The summed E-state index contributed by atoms with van der Waals surface area (Å²) in [6.45, 7) is 2.88. The van der Waals surface area contributed by atoms with Crippen molar-refractivity contribution in [1.82, 2.24) is 15.1 Å². The Morgan fingerprint density at radius 1 is 1.14 bits per heavy atom. The van der Waals surface area contributed by atoms with E-state index in [0.717, 1.165) is 39.7 Å². The number of carbonyl (C=O) groups is 2. The molecule has 2 heterocycles. The number of imide groups is 1. The molecule has 7 nitrogen and oxygen atoms in total. The first-order valence-corrected chi connectivity index (χ1v) is 10.0. The van der Waals surface area contributed by atoms with Crippen molar-refractivity contribution >= 4 is 33.8 Å². The van der Waals surface area contributed by atoms with E-state index in [0.29, 0.717) is 19.6 Å². The standard InChI is InChI=1S/C21H21N3O4S/c1-21(19(25)23-20(26)29-21)12-14-3-5-16(6-4-14)28-10-9-24-18-8-7-17(27-2)11-15(18)13-22-24/h3-8,11,13H,9-10,12H2,1-2H3,(H,23,25,26). The Labute approximate surface area is 172 Å². The van der Waals surface area contributed by atoms with Crippen LogP contribution in [0.1, 0.15) is 12.5 Å². The molecule has 1 aliphatic rings. The molecular weight excluding hydrogens is 390 g/mol. The molecule has 1 saturated heterocycles. The summed E-state index contributed by atoms with van der Waals surface area (Å²) in [6.07, 6.45) is 2.30. The van der Waals surface area contributed by atoms with Crippen molar-refractivity contribution < 1.29 is 19.1 Å². The highest BCUT2D eigenvalue weighted by Crippen LogP contribution is 2.34. The zero-order chi connectivity index (χ0) is 20.4. The van der Waals surface area contributed by atoms with Gasteiger partial charge in [0.05, 0.1) is 25.4 Å². The molecule has 3 aromatic rings. The van der Waals surface area contributed by atoms with Crippen LogP contribution in [-0.2, 0) is 17.8 Å². The van der Waals surface area contributed by atoms with E-state index in [1.54, 1.807) is 14.0 Å². The fraction of sp³-hybridized carbons (Fsp3) is 0.286. The van der Waals surface area contributed by atoms with E-state index in [-0.39, 0.29) is 11.1 Å². The summed E-state index contributed by atoms with van der Waals surface area (Å²) in [6, 6.07) is 13.5. The second-order valence-electron chi connectivity index (χ2n) is 7.04. The van der Waals surface area contributed by atoms with Crippen molar-refractivity contribution in [3.8, 4) is 11.5 Å². The molecule has 0 bridgehead atoms. The summed E-state index contributed by atoms with van der Waals surface area (Å²) in [4.78, 5) is 23.4. The Morgan fingerprint density at radius 3 is 2.59 bits per heavy atom. The number of nitrogens with zero attached hydrogens (tertiary/aromatic N) is 2. The minimum Gasteiger partial charge on any atom is -0.497 e. The highest BCUT2D eigenvalue weighted by Gasteiger charge is 2.43. The van der Waals surface area contributed by atoms with E-state index in [1.165, 1.54) is 0 Å². The number of ether oxygens (including phenoxy) is 2. The molecule has 0 spiro atoms. The van der Waals surface area contributed by atoms with Crippen molar-refractivity contribution in [2.45, 2.75) is 24.6 Å². The molecule has 4 rings (SSSR count). The number of rotatable bonds is 7. The number of hydrogen-bond acceptors (Lipinski definition) is 6. The highest BCUT2D eigenvalue weighted by molar-refractivity contribution is 8.16. The number of thioether (sulfide) groups is 1. The van der Waals surface area contributed by atoms with Gasteiger partial charge in [0.25, 0.3) is 5.24 Å². The Morgan fingerprint density at radius 2 is 1.90 bits per heavy atom. The van der Waals surface area contributed by atoms with E-state index in [2.05, 4.69) is 10.4 Å². The molecule has 2 aromatic carbocycles. The molecule has 0 saturated carbocycles. The maximum Gasteiger partial charge on any atom is 0.286 e. The first-order valence-electron chi connectivity index (χ1n) is 9.22. The summed E-state index contributed by atoms with van der Waals surface area (Å²) in [5, 5.41) is 7.48. The third-order valence-corrected chi connectivity index (χ3v) is 5.97. The number of nitrogens with one attached hydrogen (secondary N) is 1. The van der Waals surface area contributed by atoms with Gasteiger partial charge in [0.2, 0.25) is 5.91 Å². The first-order chi connectivity index (χ1) is 14.0. The fourth-order valence-corrected chi connectivity index (χ4v) is 4.27. The summed E-state index contributed by atoms with van der Waals surface area (Å²) >= 11 is 1.04. The summed E-state index contributed by atoms with van der Waals surface area (Å²) in [5.74, 6) is 1.31. The summed E-state index contributed by atoms with van der Waals surface area (Å²) < 4.78 is 12.2. The second-order valence-corrected chi connectivity index (χ2v) is 8.51. The molecule has 150 valence electrons. The number of aromatic nitrogens is 2. The molecule has 1 N–H and O–H groups in total. The molecule has 0 aliphatic carbocycles. The molecular formula is C21H21N3O4S. The molecule has 1 aliphatic heterocycles. The molecule has 8 heteroatoms. The van der Waals surface area contributed by atoms with E-state index < -0.39 is 4.75 Å². The van der Waals surface area contributed by atoms with Gasteiger partial charge in [0.15, 0.2) is 0 Å². The minimum atomic E-state index is -0.761. The lowest BCUT2D eigenvalue weighted by Gasteiger charge is -2.18. The van der Waals surface area contributed by atoms with Crippen LogP contribution >= 0.6 is 11.8 Å². The number of hydrogen-bond donors (Lipinski definition) is 1. The van der Waals surface area contributed by atoms with Crippen LogP contribution in [0.25, 0.3) is 10.9 Å². The van der Waals surface area contributed by atoms with Gasteiger partial charge < -0.3 is 9.47 Å². The molecule has 2 amide bonds. The van der Waals surface area contributed by atoms with Gasteiger partial charge in [-0.25, -0.2) is 0 Å². The third kappa shape index (κ3) is 4.07. The van der Waals surface area contributed by atoms with Gasteiger partial charge in [-0.3, -0.25) is 19.6 Å². The van der Waals surface area contributed by atoms with Gasteiger partial charge in [0.1, 0.15) is 22.9 Å². The van der Waals surface area contributed by atoms with Crippen LogP contribution in [0.3, 0.4) is 0 Å². The van der Waals surface area contributed by atoms with Crippen molar-refractivity contribution in [2.24, 2.45) is 0 Å². The largest absolute Gasteiger partial charge is 0.497 e. The zero-order valence-corrected chi connectivity index (χ0v) is 17.0. The number of carbonyl (C=O) groups excluding carboxylic acids is 2. The van der Waals surface area contributed by atoms with Gasteiger partial charge in [0, 0.05) is 5.39 Å². The summed E-state index contributed by atoms with van der Waals surface area (Å²) in [5.41, 5.74) is 2.00. The number of amides is 2. The van der Waals surface area contributed by atoms with Crippen LogP contribution in [0.2, 0.25) is 0 Å². The smallest absolute Gasteiger partial charge is 0.286 e. The lowest BCUT2D eigenvalue weighted by molar-refractivity contribution is -0.121. The van der Waals surface area contributed by atoms with Crippen LogP contribution in [-0.4, -0.2) is 39.4 Å². The Bertz CT molecular complexity index is 1060. The van der Waals surface area contributed by atoms with Gasteiger partial charge >= 0.3 is 0 Å². The molecule has 1 atom stereocenters. The van der Waals surface area contributed by atoms with Crippen LogP contribution in [0.5, 0.6) is 11.5 Å². The predicted octanol–water partition coefficient (Wildman–Crippen LogP) is 3.41. The molecule has 0 radical (unpaired) electrons. The fourth-order valence-electron chi connectivity index (χ4n) is 3.33. The third-order valence-electron chi connectivity index (χ3n) is 4.90. The minimum absolute atomic E-state index is 0.239. The average molecular weight is 411 g/mol. The van der Waals surface area contributed by atoms with Gasteiger partial charge in [-0.05, 0) is 61.0 Å². The van der Waals surface area contributed by atoms with Crippen molar-refractivity contribution in [3.63, 3.8) is 0 Å². The van der Waals surface area contributed by atoms with E-state index in [9.17, 15) is 9.59 Å². The Balaban J connectivity index is 1.34. The van der Waals surface area contributed by atoms with Crippen molar-refractivity contribution in [3.05, 3.63) is 54.2 Å². The zero-order valence-electron chi connectivity index (χ0n) is 16.2. The van der Waals surface area contributed by atoms with Gasteiger partial charge in [-0.15, -0.1) is 0 Å².